The van der Waals surface area contributed by atoms with E-state index in [1.165, 1.54) is 6.20 Å². The van der Waals surface area contributed by atoms with Crippen molar-refractivity contribution < 1.29 is 14.3 Å². The summed E-state index contributed by atoms with van der Waals surface area (Å²) in [7, 11) is 0. The van der Waals surface area contributed by atoms with Crippen molar-refractivity contribution >= 4 is 40.7 Å². The van der Waals surface area contributed by atoms with E-state index in [4.69, 9.17) is 22.1 Å². The highest BCUT2D eigenvalue weighted by Gasteiger charge is 2.13. The molecule has 0 saturated heterocycles. The number of carbonyl (C=O) groups is 2. The molecule has 2 aromatic carbocycles. The second kappa shape index (κ2) is 11.4. The zero-order valence-electron chi connectivity index (χ0n) is 18.5. The highest BCUT2D eigenvalue weighted by molar-refractivity contribution is 6.31. The minimum Gasteiger partial charge on any atom is -0.381 e. The van der Waals surface area contributed by atoms with Crippen molar-refractivity contribution in [1.82, 2.24) is 9.97 Å². The highest BCUT2D eigenvalue weighted by Crippen LogP contribution is 2.25. The molecular weight excluding hydrogens is 442 g/mol. The van der Waals surface area contributed by atoms with E-state index in [2.05, 4.69) is 20.6 Å². The first-order valence-electron chi connectivity index (χ1n) is 10.5. The van der Waals surface area contributed by atoms with E-state index < -0.39 is 5.91 Å². The van der Waals surface area contributed by atoms with E-state index >= 15 is 0 Å². The lowest BCUT2D eigenvalue weighted by Crippen LogP contribution is -2.15. The van der Waals surface area contributed by atoms with Crippen LogP contribution in [0.5, 0.6) is 0 Å². The van der Waals surface area contributed by atoms with Crippen LogP contribution in [0.15, 0.2) is 48.7 Å². The Balaban J connectivity index is 1.80. The molecule has 3 aromatic rings. The summed E-state index contributed by atoms with van der Waals surface area (Å²) >= 11 is 6.37. The van der Waals surface area contributed by atoms with Crippen molar-refractivity contribution in [2.45, 2.75) is 26.7 Å². The van der Waals surface area contributed by atoms with Crippen molar-refractivity contribution in [2.75, 3.05) is 23.8 Å². The van der Waals surface area contributed by atoms with Crippen molar-refractivity contribution in [2.24, 2.45) is 5.73 Å². The van der Waals surface area contributed by atoms with Crippen molar-refractivity contribution in [3.05, 3.63) is 76.1 Å². The molecule has 2 amide bonds. The maximum atomic E-state index is 12.2. The van der Waals surface area contributed by atoms with E-state index in [1.54, 1.807) is 18.2 Å². The van der Waals surface area contributed by atoms with Gasteiger partial charge >= 0.3 is 0 Å². The van der Waals surface area contributed by atoms with Crippen molar-refractivity contribution in [1.29, 1.82) is 0 Å². The number of carbonyl (C=O) groups excluding carboxylic acids is 2. The van der Waals surface area contributed by atoms with Crippen LogP contribution in [0, 0.1) is 6.92 Å². The van der Waals surface area contributed by atoms with E-state index in [-0.39, 0.29) is 12.3 Å². The molecule has 8 nitrogen and oxygen atoms in total. The summed E-state index contributed by atoms with van der Waals surface area (Å²) in [4.78, 5) is 32.6. The molecule has 0 aliphatic carbocycles. The van der Waals surface area contributed by atoms with Gasteiger partial charge in [-0.15, -0.1) is 0 Å². The molecule has 0 radical (unpaired) electrons. The van der Waals surface area contributed by atoms with Crippen LogP contribution in [-0.4, -0.2) is 35.0 Å². The number of aromatic nitrogens is 2. The van der Waals surface area contributed by atoms with Gasteiger partial charge in [-0.2, -0.15) is 0 Å². The van der Waals surface area contributed by atoms with Crippen molar-refractivity contribution in [3.8, 4) is 0 Å². The van der Waals surface area contributed by atoms with E-state index in [9.17, 15) is 9.59 Å². The fourth-order valence-electron chi connectivity index (χ4n) is 3.12. The number of amides is 2. The fourth-order valence-corrected chi connectivity index (χ4v) is 3.27. The van der Waals surface area contributed by atoms with Gasteiger partial charge in [-0.05, 0) is 43.2 Å². The average Bonchev–Trinajstić information content (AvgIpc) is 2.79. The Morgan fingerprint density at radius 3 is 2.70 bits per heavy atom. The Morgan fingerprint density at radius 2 is 1.94 bits per heavy atom. The summed E-state index contributed by atoms with van der Waals surface area (Å²) in [6, 6.07) is 12.6. The topological polar surface area (TPSA) is 119 Å². The molecule has 0 bridgehead atoms. The Hall–Kier alpha value is -3.49. The molecule has 0 aliphatic heterocycles. The molecular formula is C24H26ClN5O3. The Labute approximate surface area is 197 Å². The van der Waals surface area contributed by atoms with Gasteiger partial charge < -0.3 is 21.1 Å². The molecule has 0 spiro atoms. The maximum Gasteiger partial charge on any atom is 0.248 e. The molecule has 0 saturated carbocycles. The van der Waals surface area contributed by atoms with Gasteiger partial charge in [0.2, 0.25) is 17.8 Å². The van der Waals surface area contributed by atoms with E-state index in [0.29, 0.717) is 53.2 Å². The number of nitrogens with zero attached hydrogens (tertiary/aromatic N) is 2. The summed E-state index contributed by atoms with van der Waals surface area (Å²) in [5, 5.41) is 6.45. The second-order valence-electron chi connectivity index (χ2n) is 7.34. The van der Waals surface area contributed by atoms with Gasteiger partial charge in [-0.1, -0.05) is 35.9 Å². The lowest BCUT2D eigenvalue weighted by molar-refractivity contribution is -0.117. The molecule has 172 valence electrons. The van der Waals surface area contributed by atoms with E-state index in [0.717, 1.165) is 11.1 Å². The van der Waals surface area contributed by atoms with Crippen molar-refractivity contribution in [3.63, 3.8) is 0 Å². The number of ether oxygens (including phenoxy) is 1. The van der Waals surface area contributed by atoms with Crippen LogP contribution >= 0.6 is 11.6 Å². The Morgan fingerprint density at radius 1 is 1.15 bits per heavy atom. The standard InChI is InChI=1S/C24H26ClN5O3/c1-3-33-11-10-22(31)28-19-7-5-4-6-16(19)12-21-18(25)14-27-24(30-21)29-20-13-17(23(26)32)9-8-15(20)2/h4-9,13-14H,3,10-12H2,1-2H3,(H2,26,32)(H,28,31)(H,27,29,30). The molecule has 33 heavy (non-hydrogen) atoms. The van der Waals surface area contributed by atoms with Crippen LogP contribution in [0.2, 0.25) is 5.02 Å². The third-order valence-corrected chi connectivity index (χ3v) is 5.23. The summed E-state index contributed by atoms with van der Waals surface area (Å²) in [5.74, 6) is -0.315. The first kappa shape index (κ1) is 24.2. The Kier molecular flexibility index (Phi) is 8.34. The van der Waals surface area contributed by atoms with Gasteiger partial charge in [0.25, 0.3) is 0 Å². The minimum absolute atomic E-state index is 0.128. The number of para-hydroxylation sites is 1. The molecule has 3 rings (SSSR count). The van der Waals surface area contributed by atoms with Crippen LogP contribution in [-0.2, 0) is 16.0 Å². The number of aryl methyl sites for hydroxylation is 1. The molecule has 1 aromatic heterocycles. The Bertz CT molecular complexity index is 1150. The summed E-state index contributed by atoms with van der Waals surface area (Å²) in [5.41, 5.74) is 9.48. The van der Waals surface area contributed by atoms with Gasteiger partial charge in [0.1, 0.15) is 0 Å². The number of nitrogens with two attached hydrogens (primary N) is 1. The number of benzene rings is 2. The fraction of sp³-hybridized carbons (Fsp3) is 0.250. The lowest BCUT2D eigenvalue weighted by Gasteiger charge is -2.13. The van der Waals surface area contributed by atoms with Gasteiger partial charge in [0.15, 0.2) is 0 Å². The average molecular weight is 468 g/mol. The number of hydrogen-bond acceptors (Lipinski definition) is 6. The first-order chi connectivity index (χ1) is 15.9. The SMILES string of the molecule is CCOCCC(=O)Nc1ccccc1Cc1nc(Nc2cc(C(N)=O)ccc2C)ncc1Cl. The molecule has 0 atom stereocenters. The molecule has 4 N–H and O–H groups in total. The largest absolute Gasteiger partial charge is 0.381 e. The molecule has 0 aliphatic rings. The molecule has 0 unspecified atom stereocenters. The number of anilines is 3. The number of rotatable bonds is 10. The number of hydrogen-bond donors (Lipinski definition) is 3. The number of nitrogens with one attached hydrogen (secondary N) is 2. The second-order valence-corrected chi connectivity index (χ2v) is 7.74. The van der Waals surface area contributed by atoms with Gasteiger partial charge in [0, 0.05) is 30.0 Å². The lowest BCUT2D eigenvalue weighted by atomic mass is 10.1. The number of halogens is 1. The number of primary amides is 1. The van der Waals surface area contributed by atoms with E-state index in [1.807, 2.05) is 38.1 Å². The zero-order chi connectivity index (χ0) is 23.8. The smallest absolute Gasteiger partial charge is 0.248 e. The maximum absolute atomic E-state index is 12.2. The predicted molar refractivity (Wildman–Crippen MR) is 129 cm³/mol. The van der Waals surface area contributed by atoms with Gasteiger partial charge in [-0.3, -0.25) is 9.59 Å². The molecule has 0 fully saturated rings. The summed E-state index contributed by atoms with van der Waals surface area (Å²) in [6.45, 7) is 4.72. The van der Waals surface area contributed by atoms with Crippen LogP contribution in [0.4, 0.5) is 17.3 Å². The van der Waals surface area contributed by atoms with Gasteiger partial charge in [-0.25, -0.2) is 9.97 Å². The first-order valence-corrected chi connectivity index (χ1v) is 10.9. The molecule has 9 heteroatoms. The zero-order valence-corrected chi connectivity index (χ0v) is 19.3. The summed E-state index contributed by atoms with van der Waals surface area (Å²) in [6.07, 6.45) is 2.18. The predicted octanol–water partition coefficient (Wildman–Crippen LogP) is 4.24. The van der Waals surface area contributed by atoms with Crippen LogP contribution in [0.3, 0.4) is 0 Å². The minimum atomic E-state index is -0.518. The van der Waals surface area contributed by atoms with Crippen LogP contribution in [0.25, 0.3) is 0 Å². The highest BCUT2D eigenvalue weighted by atomic mass is 35.5. The summed E-state index contributed by atoms with van der Waals surface area (Å²) < 4.78 is 5.25. The van der Waals surface area contributed by atoms with Gasteiger partial charge in [0.05, 0.1) is 29.9 Å². The quantitative estimate of drug-likeness (QED) is 0.384. The normalized spacial score (nSPS) is 10.6. The van der Waals surface area contributed by atoms with Crippen LogP contribution < -0.4 is 16.4 Å². The monoisotopic (exact) mass is 467 g/mol. The third-order valence-electron chi connectivity index (χ3n) is 4.91. The molecule has 1 heterocycles. The van der Waals surface area contributed by atoms with Crippen LogP contribution in [0.1, 0.15) is 40.5 Å². The third kappa shape index (κ3) is 6.74.